The number of aliphatic hydroxyl groups excluding tert-OH is 1. The molecule has 0 saturated carbocycles. The maximum atomic E-state index is 9.57. The lowest BCUT2D eigenvalue weighted by atomic mass is 9.87. The number of nitrogens with one attached hydrogen (secondary N) is 1. The van der Waals surface area contributed by atoms with Gasteiger partial charge in [-0.15, -0.1) is 0 Å². The molecule has 0 bridgehead atoms. The second kappa shape index (κ2) is 6.05. The van der Waals surface area contributed by atoms with Crippen molar-refractivity contribution >= 4 is 33.7 Å². The molecule has 1 fully saturated rings. The third-order valence-corrected chi connectivity index (χ3v) is 5.17. The fourth-order valence-corrected chi connectivity index (χ4v) is 3.59. The van der Waals surface area contributed by atoms with Crippen molar-refractivity contribution in [2.45, 2.75) is 0 Å². The van der Waals surface area contributed by atoms with E-state index >= 15 is 0 Å². The van der Waals surface area contributed by atoms with Gasteiger partial charge in [0.05, 0.1) is 30.8 Å². The second-order valence-electron chi connectivity index (χ2n) is 6.34. The van der Waals surface area contributed by atoms with Gasteiger partial charge in [-0.05, 0) is 34.0 Å². The van der Waals surface area contributed by atoms with Crippen molar-refractivity contribution in [3.63, 3.8) is 0 Å². The van der Waals surface area contributed by atoms with E-state index in [4.69, 9.17) is 10.5 Å². The maximum absolute atomic E-state index is 9.57. The number of thiophene rings is 1. The first-order valence-electron chi connectivity index (χ1n) is 7.84. The molecular formula is C18H19N3O2S. The molecule has 2 aromatic heterocycles. The monoisotopic (exact) mass is 341 g/mol. The molecule has 4 N–H and O–H groups in total. The molecule has 3 aromatic rings. The van der Waals surface area contributed by atoms with Crippen LogP contribution in [0.1, 0.15) is 0 Å². The van der Waals surface area contributed by atoms with Crippen LogP contribution in [0.15, 0.2) is 41.1 Å². The van der Waals surface area contributed by atoms with Crippen molar-refractivity contribution in [1.29, 1.82) is 0 Å². The lowest BCUT2D eigenvalue weighted by molar-refractivity contribution is -0.128. The fraction of sp³-hybridized carbons (Fsp3) is 0.278. The van der Waals surface area contributed by atoms with E-state index in [2.05, 4.69) is 45.3 Å². The van der Waals surface area contributed by atoms with Gasteiger partial charge in [-0.3, -0.25) is 0 Å². The molecule has 0 aliphatic carbocycles. The van der Waals surface area contributed by atoms with Gasteiger partial charge in [0.25, 0.3) is 0 Å². The summed E-state index contributed by atoms with van der Waals surface area (Å²) in [6, 6.07) is 10.2. The van der Waals surface area contributed by atoms with Gasteiger partial charge in [-0.1, -0.05) is 12.1 Å². The molecule has 0 atom stereocenters. The summed E-state index contributed by atoms with van der Waals surface area (Å²) < 4.78 is 5.25. The van der Waals surface area contributed by atoms with Crippen LogP contribution in [0.5, 0.6) is 0 Å². The average Bonchev–Trinajstić information content (AvgIpc) is 3.08. The summed E-state index contributed by atoms with van der Waals surface area (Å²) in [5.41, 5.74) is 9.92. The van der Waals surface area contributed by atoms with Gasteiger partial charge in [0.2, 0.25) is 0 Å². The van der Waals surface area contributed by atoms with Crippen LogP contribution in [0.25, 0.3) is 22.0 Å². The molecular weight excluding hydrogens is 322 g/mol. The number of hydrogen-bond donors (Lipinski definition) is 3. The van der Waals surface area contributed by atoms with Gasteiger partial charge in [-0.2, -0.15) is 11.3 Å². The lowest BCUT2D eigenvalue weighted by Gasteiger charge is -2.40. The molecule has 3 heterocycles. The van der Waals surface area contributed by atoms with E-state index in [0.29, 0.717) is 25.6 Å². The Hall–Kier alpha value is -2.15. The number of nitrogens with two attached hydrogens (primary N) is 1. The molecule has 4 rings (SSSR count). The highest BCUT2D eigenvalue weighted by Gasteiger charge is 2.37. The number of benzene rings is 1. The number of pyridine rings is 1. The zero-order valence-electron chi connectivity index (χ0n) is 13.2. The van der Waals surface area contributed by atoms with Crippen LogP contribution in [0.4, 0.5) is 11.5 Å². The van der Waals surface area contributed by atoms with E-state index in [0.717, 1.165) is 22.2 Å². The van der Waals surface area contributed by atoms with Gasteiger partial charge in [-0.25, -0.2) is 4.98 Å². The van der Waals surface area contributed by atoms with Gasteiger partial charge in [0.1, 0.15) is 5.82 Å². The van der Waals surface area contributed by atoms with E-state index in [9.17, 15) is 5.11 Å². The topological polar surface area (TPSA) is 80.4 Å². The van der Waals surface area contributed by atoms with Gasteiger partial charge in [0, 0.05) is 23.7 Å². The summed E-state index contributed by atoms with van der Waals surface area (Å²) >= 11 is 1.68. The van der Waals surface area contributed by atoms with Crippen LogP contribution in [0.2, 0.25) is 0 Å². The molecule has 6 heteroatoms. The number of rotatable bonds is 5. The third-order valence-electron chi connectivity index (χ3n) is 4.49. The number of hydrogen-bond acceptors (Lipinski definition) is 6. The van der Waals surface area contributed by atoms with E-state index in [1.807, 2.05) is 6.07 Å². The Morgan fingerprint density at radius 3 is 2.79 bits per heavy atom. The Morgan fingerprint density at radius 2 is 2.12 bits per heavy atom. The van der Waals surface area contributed by atoms with Gasteiger partial charge in [0.15, 0.2) is 0 Å². The summed E-state index contributed by atoms with van der Waals surface area (Å²) in [7, 11) is 0. The fourth-order valence-electron chi connectivity index (χ4n) is 2.93. The van der Waals surface area contributed by atoms with E-state index in [-0.39, 0.29) is 12.0 Å². The molecule has 1 aromatic carbocycles. The molecule has 124 valence electrons. The number of fused-ring (bicyclic) bond motifs is 1. The summed E-state index contributed by atoms with van der Waals surface area (Å²) in [6.07, 6.45) is 0. The number of anilines is 2. The standard InChI is InChI=1S/C18H19N3O2S/c19-17-6-15(20-8-18(9-22)10-23-11-18)14-2-1-12(5-16(14)21-17)13-3-4-24-7-13/h1-7,22H,8-11H2,(H3,19,20,21). The Bertz CT molecular complexity index is 855. The minimum atomic E-state index is -0.193. The minimum Gasteiger partial charge on any atom is -0.396 e. The molecule has 1 saturated heterocycles. The van der Waals surface area contributed by atoms with Crippen molar-refractivity contribution in [3.05, 3.63) is 41.1 Å². The van der Waals surface area contributed by atoms with Gasteiger partial charge >= 0.3 is 0 Å². The van der Waals surface area contributed by atoms with E-state index in [1.54, 1.807) is 11.3 Å². The minimum absolute atomic E-state index is 0.112. The maximum Gasteiger partial charge on any atom is 0.126 e. The van der Waals surface area contributed by atoms with Crippen LogP contribution in [0, 0.1) is 5.41 Å². The molecule has 1 aliphatic heterocycles. The van der Waals surface area contributed by atoms with Crippen molar-refractivity contribution in [1.82, 2.24) is 4.98 Å². The second-order valence-corrected chi connectivity index (χ2v) is 7.12. The van der Waals surface area contributed by atoms with E-state index in [1.165, 1.54) is 5.56 Å². The Kier molecular flexibility index (Phi) is 3.88. The number of ether oxygens (including phenoxy) is 1. The van der Waals surface area contributed by atoms with Crippen LogP contribution in [-0.2, 0) is 4.74 Å². The first-order chi connectivity index (χ1) is 11.7. The van der Waals surface area contributed by atoms with Gasteiger partial charge < -0.3 is 20.9 Å². The van der Waals surface area contributed by atoms with Crippen molar-refractivity contribution in [3.8, 4) is 11.1 Å². The van der Waals surface area contributed by atoms with E-state index < -0.39 is 0 Å². The summed E-state index contributed by atoms with van der Waals surface area (Å²) in [6.45, 7) is 1.92. The lowest BCUT2D eigenvalue weighted by Crippen LogP contribution is -2.50. The highest BCUT2D eigenvalue weighted by Crippen LogP contribution is 2.32. The summed E-state index contributed by atoms with van der Waals surface area (Å²) in [5, 5.41) is 18.2. The molecule has 1 aliphatic rings. The number of nitrogens with zero attached hydrogens (tertiary/aromatic N) is 1. The smallest absolute Gasteiger partial charge is 0.126 e. The Balaban J connectivity index is 1.68. The highest BCUT2D eigenvalue weighted by atomic mass is 32.1. The molecule has 0 unspecified atom stereocenters. The van der Waals surface area contributed by atoms with Crippen molar-refractivity contribution < 1.29 is 9.84 Å². The van der Waals surface area contributed by atoms with Crippen molar-refractivity contribution in [2.24, 2.45) is 5.41 Å². The normalized spacial score (nSPS) is 16.0. The van der Waals surface area contributed by atoms with Crippen LogP contribution in [0.3, 0.4) is 0 Å². The molecule has 0 radical (unpaired) electrons. The zero-order valence-corrected chi connectivity index (χ0v) is 14.0. The zero-order chi connectivity index (χ0) is 16.6. The van der Waals surface area contributed by atoms with Crippen LogP contribution < -0.4 is 11.1 Å². The SMILES string of the molecule is Nc1cc(NCC2(CO)COC2)c2ccc(-c3ccsc3)cc2n1. The molecule has 0 spiro atoms. The highest BCUT2D eigenvalue weighted by molar-refractivity contribution is 7.08. The predicted octanol–water partition coefficient (Wildman–Crippen LogP) is 2.97. The summed E-state index contributed by atoms with van der Waals surface area (Å²) in [4.78, 5) is 4.47. The molecule has 0 amide bonds. The average molecular weight is 341 g/mol. The number of aromatic nitrogens is 1. The predicted molar refractivity (Wildman–Crippen MR) is 98.3 cm³/mol. The summed E-state index contributed by atoms with van der Waals surface area (Å²) in [5.74, 6) is 0.482. The molecule has 5 nitrogen and oxygen atoms in total. The Morgan fingerprint density at radius 1 is 1.25 bits per heavy atom. The van der Waals surface area contributed by atoms with Crippen LogP contribution >= 0.6 is 11.3 Å². The quantitative estimate of drug-likeness (QED) is 0.665. The number of aliphatic hydroxyl groups is 1. The van der Waals surface area contributed by atoms with Crippen molar-refractivity contribution in [2.75, 3.05) is 37.4 Å². The number of nitrogen functional groups attached to an aromatic ring is 1. The molecule has 24 heavy (non-hydrogen) atoms. The van der Waals surface area contributed by atoms with Crippen LogP contribution in [-0.4, -0.2) is 36.5 Å². The Labute approximate surface area is 144 Å². The third kappa shape index (κ3) is 2.73. The first-order valence-corrected chi connectivity index (χ1v) is 8.79. The first kappa shape index (κ1) is 15.4. The largest absolute Gasteiger partial charge is 0.396 e.